The molecule has 160 valence electrons. The third-order valence-corrected chi connectivity index (χ3v) is 6.35. The van der Waals surface area contributed by atoms with Gasteiger partial charge in [-0.15, -0.1) is 0 Å². The Morgan fingerprint density at radius 3 is 2.42 bits per heavy atom. The molecule has 5 heteroatoms. The lowest BCUT2D eigenvalue weighted by Gasteiger charge is -2.37. The molecule has 0 radical (unpaired) electrons. The van der Waals surface area contributed by atoms with Crippen molar-refractivity contribution in [3.8, 4) is 0 Å². The topological polar surface area (TPSA) is 55.7 Å². The molecular formula is C26H26ClNO3. The maximum absolute atomic E-state index is 13.5. The van der Waals surface area contributed by atoms with Crippen molar-refractivity contribution in [1.29, 1.82) is 0 Å². The molecule has 31 heavy (non-hydrogen) atoms. The predicted octanol–water partition coefficient (Wildman–Crippen LogP) is 5.87. The van der Waals surface area contributed by atoms with Gasteiger partial charge in [0, 0.05) is 34.3 Å². The molecule has 0 bridgehead atoms. The first-order valence-corrected chi connectivity index (χ1v) is 11.1. The number of nitrogens with zero attached hydrogens (tertiary/aromatic N) is 1. The second-order valence-corrected chi connectivity index (χ2v) is 8.92. The van der Waals surface area contributed by atoms with Crippen LogP contribution in [0.5, 0.6) is 0 Å². The fourth-order valence-corrected chi connectivity index (χ4v) is 4.95. The van der Waals surface area contributed by atoms with Crippen molar-refractivity contribution in [3.05, 3.63) is 82.0 Å². The highest BCUT2D eigenvalue weighted by atomic mass is 35.5. The van der Waals surface area contributed by atoms with E-state index in [1.165, 1.54) is 0 Å². The first-order valence-electron chi connectivity index (χ1n) is 10.7. The van der Waals surface area contributed by atoms with Gasteiger partial charge in [0.15, 0.2) is 5.78 Å². The summed E-state index contributed by atoms with van der Waals surface area (Å²) in [6, 6.07) is 17.5. The summed E-state index contributed by atoms with van der Waals surface area (Å²) >= 11 is 6.56. The van der Waals surface area contributed by atoms with Crippen molar-refractivity contribution in [2.75, 3.05) is 0 Å². The smallest absolute Gasteiger partial charge is 0.315 e. The van der Waals surface area contributed by atoms with E-state index in [1.807, 2.05) is 57.2 Å². The van der Waals surface area contributed by atoms with E-state index in [0.29, 0.717) is 29.1 Å². The number of benzene rings is 2. The van der Waals surface area contributed by atoms with Crippen LogP contribution >= 0.6 is 11.6 Å². The molecule has 2 aromatic rings. The molecule has 1 aliphatic heterocycles. The number of rotatable bonds is 4. The SMILES string of the molecule is CC1=NC2=C(C(=O)C[C@H](c3ccccc3)C2)[C@H](c2ccccc2Cl)C1C(=O)OC(C)C. The Morgan fingerprint density at radius 1 is 1.06 bits per heavy atom. The molecule has 0 spiro atoms. The third-order valence-electron chi connectivity index (χ3n) is 6.01. The molecule has 4 rings (SSSR count). The van der Waals surface area contributed by atoms with Crippen LogP contribution in [0.1, 0.15) is 56.6 Å². The maximum Gasteiger partial charge on any atom is 0.315 e. The van der Waals surface area contributed by atoms with Crippen molar-refractivity contribution in [1.82, 2.24) is 0 Å². The average Bonchev–Trinajstić information content (AvgIpc) is 2.73. The Bertz CT molecular complexity index is 1070. The van der Waals surface area contributed by atoms with Crippen molar-refractivity contribution in [2.45, 2.75) is 51.6 Å². The van der Waals surface area contributed by atoms with Crippen molar-refractivity contribution >= 4 is 29.1 Å². The van der Waals surface area contributed by atoms with E-state index in [1.54, 1.807) is 6.07 Å². The minimum atomic E-state index is -0.668. The number of hydrogen-bond acceptors (Lipinski definition) is 4. The summed E-state index contributed by atoms with van der Waals surface area (Å²) in [6.45, 7) is 5.48. The number of ketones is 1. The summed E-state index contributed by atoms with van der Waals surface area (Å²) in [5.41, 5.74) is 3.93. The summed E-state index contributed by atoms with van der Waals surface area (Å²) in [4.78, 5) is 31.4. The number of Topliss-reactive ketones (excluding diaryl/α,β-unsaturated/α-hetero) is 1. The summed E-state index contributed by atoms with van der Waals surface area (Å²) in [6.07, 6.45) is 0.798. The second-order valence-electron chi connectivity index (χ2n) is 8.52. The molecular weight excluding hydrogens is 410 g/mol. The number of carbonyl (C=O) groups excluding carboxylic acids is 2. The van der Waals surface area contributed by atoms with Gasteiger partial charge in [-0.3, -0.25) is 14.6 Å². The highest BCUT2D eigenvalue weighted by Crippen LogP contribution is 2.48. The normalized spacial score (nSPS) is 23.5. The number of esters is 1. The Hall–Kier alpha value is -2.72. The number of allylic oxidation sites excluding steroid dienone is 2. The average molecular weight is 436 g/mol. The van der Waals surface area contributed by atoms with Crippen LogP contribution in [0.2, 0.25) is 5.02 Å². The highest BCUT2D eigenvalue weighted by Gasteiger charge is 2.45. The highest BCUT2D eigenvalue weighted by molar-refractivity contribution is 6.31. The van der Waals surface area contributed by atoms with E-state index >= 15 is 0 Å². The van der Waals surface area contributed by atoms with Gasteiger partial charge in [-0.05, 0) is 50.3 Å². The van der Waals surface area contributed by atoms with Crippen LogP contribution in [0.3, 0.4) is 0 Å². The standard InChI is InChI=1S/C26H26ClNO3/c1-15(2)31-26(30)23-16(3)28-21-13-18(17-9-5-4-6-10-17)14-22(29)25(21)24(23)19-11-7-8-12-20(19)27/h4-12,15,18,23-24H,13-14H2,1-3H3/t18-,23?,24-/m1/s1. The van der Waals surface area contributed by atoms with E-state index in [4.69, 9.17) is 21.3 Å². The first-order chi connectivity index (χ1) is 14.9. The molecule has 0 aromatic heterocycles. The first kappa shape index (κ1) is 21.5. The Labute approximate surface area is 188 Å². The van der Waals surface area contributed by atoms with Gasteiger partial charge in [0.05, 0.1) is 6.10 Å². The molecule has 2 aliphatic rings. The quantitative estimate of drug-likeness (QED) is 0.564. The fourth-order valence-electron chi connectivity index (χ4n) is 4.69. The van der Waals surface area contributed by atoms with Crippen LogP contribution in [0.15, 0.2) is 70.9 Å². The summed E-state index contributed by atoms with van der Waals surface area (Å²) in [5.74, 6) is -1.42. The van der Waals surface area contributed by atoms with E-state index in [9.17, 15) is 9.59 Å². The molecule has 1 aliphatic carbocycles. The number of carbonyl (C=O) groups is 2. The van der Waals surface area contributed by atoms with Gasteiger partial charge in [0.1, 0.15) is 5.92 Å². The van der Waals surface area contributed by atoms with E-state index < -0.39 is 11.8 Å². The van der Waals surface area contributed by atoms with E-state index in [0.717, 1.165) is 16.8 Å². The molecule has 0 saturated carbocycles. The molecule has 3 atom stereocenters. The van der Waals surface area contributed by atoms with Gasteiger partial charge in [0.25, 0.3) is 0 Å². The molecule has 0 amide bonds. The van der Waals surface area contributed by atoms with Gasteiger partial charge in [-0.1, -0.05) is 60.1 Å². The van der Waals surface area contributed by atoms with Crippen molar-refractivity contribution < 1.29 is 14.3 Å². The second kappa shape index (κ2) is 8.80. The molecule has 1 unspecified atom stereocenters. The Balaban J connectivity index is 1.82. The number of ether oxygens (including phenoxy) is 1. The van der Waals surface area contributed by atoms with Gasteiger partial charge in [0.2, 0.25) is 0 Å². The largest absolute Gasteiger partial charge is 0.462 e. The molecule has 0 fully saturated rings. The Kier molecular flexibility index (Phi) is 6.10. The van der Waals surface area contributed by atoms with Gasteiger partial charge >= 0.3 is 5.97 Å². The summed E-state index contributed by atoms with van der Waals surface area (Å²) in [5, 5.41) is 0.536. The van der Waals surface area contributed by atoms with Crippen LogP contribution in [0, 0.1) is 5.92 Å². The maximum atomic E-state index is 13.5. The monoisotopic (exact) mass is 435 g/mol. The van der Waals surface area contributed by atoms with Crippen molar-refractivity contribution in [3.63, 3.8) is 0 Å². The third kappa shape index (κ3) is 4.22. The van der Waals surface area contributed by atoms with Crippen LogP contribution < -0.4 is 0 Å². The minimum Gasteiger partial charge on any atom is -0.462 e. The van der Waals surface area contributed by atoms with Gasteiger partial charge in [-0.25, -0.2) is 0 Å². The molecule has 0 N–H and O–H groups in total. The van der Waals surface area contributed by atoms with Crippen molar-refractivity contribution in [2.24, 2.45) is 10.9 Å². The minimum absolute atomic E-state index is 0.0265. The lowest BCUT2D eigenvalue weighted by atomic mass is 9.69. The fraction of sp³-hybridized carbons (Fsp3) is 0.346. The molecule has 0 saturated heterocycles. The van der Waals surface area contributed by atoms with Crippen LogP contribution in [0.4, 0.5) is 0 Å². The van der Waals surface area contributed by atoms with Crippen LogP contribution in [-0.2, 0) is 14.3 Å². The lowest BCUT2D eigenvalue weighted by Crippen LogP contribution is -2.38. The summed E-state index contributed by atoms with van der Waals surface area (Å²) < 4.78 is 5.56. The Morgan fingerprint density at radius 2 is 1.74 bits per heavy atom. The molecule has 1 heterocycles. The van der Waals surface area contributed by atoms with Gasteiger partial charge in [-0.2, -0.15) is 0 Å². The van der Waals surface area contributed by atoms with Crippen LogP contribution in [-0.4, -0.2) is 23.6 Å². The van der Waals surface area contributed by atoms with Crippen LogP contribution in [0.25, 0.3) is 0 Å². The summed E-state index contributed by atoms with van der Waals surface area (Å²) in [7, 11) is 0. The zero-order valence-corrected chi connectivity index (χ0v) is 18.7. The zero-order valence-electron chi connectivity index (χ0n) is 18.0. The number of hydrogen-bond donors (Lipinski definition) is 0. The van der Waals surface area contributed by atoms with E-state index in [-0.39, 0.29) is 23.8 Å². The van der Waals surface area contributed by atoms with Gasteiger partial charge < -0.3 is 4.74 Å². The molecule has 4 nitrogen and oxygen atoms in total. The lowest BCUT2D eigenvalue weighted by molar-refractivity contribution is -0.150. The predicted molar refractivity (Wildman–Crippen MR) is 122 cm³/mol. The van der Waals surface area contributed by atoms with E-state index in [2.05, 4.69) is 12.1 Å². The molecule has 2 aromatic carbocycles. The zero-order chi connectivity index (χ0) is 22.1. The number of halogens is 1. The number of aliphatic imine (C=N–C) groups is 1.